The third-order valence-electron chi connectivity index (χ3n) is 6.18. The van der Waals surface area contributed by atoms with Crippen molar-refractivity contribution in [2.45, 2.75) is 32.7 Å². The molecule has 1 aliphatic heterocycles. The van der Waals surface area contributed by atoms with E-state index in [4.69, 9.17) is 4.74 Å². The Morgan fingerprint density at radius 2 is 1.54 bits per heavy atom. The fraction of sp³-hybridized carbons (Fsp3) is 0.250. The molecular formula is C28H29N3O4. The molecule has 2 N–H and O–H groups in total. The second-order valence-corrected chi connectivity index (χ2v) is 8.68. The Labute approximate surface area is 205 Å². The minimum atomic E-state index is -0.534. The number of hydrogen-bond donors (Lipinski definition) is 2. The topological polar surface area (TPSA) is 87.7 Å². The number of nitrogens with one attached hydrogen (secondary N) is 2. The maximum Gasteiger partial charge on any atom is 0.229 e. The van der Waals surface area contributed by atoms with Crippen LogP contribution in [0.15, 0.2) is 72.8 Å². The highest BCUT2D eigenvalue weighted by Gasteiger charge is 2.42. The zero-order valence-corrected chi connectivity index (χ0v) is 20.1. The number of aryl methyl sites for hydroxylation is 1. The number of hydrogen-bond acceptors (Lipinski definition) is 4. The summed E-state index contributed by atoms with van der Waals surface area (Å²) in [6, 6.07) is 21.7. The van der Waals surface area contributed by atoms with Crippen molar-refractivity contribution in [2.75, 3.05) is 22.6 Å². The van der Waals surface area contributed by atoms with Crippen LogP contribution in [0.25, 0.3) is 0 Å². The summed E-state index contributed by atoms with van der Waals surface area (Å²) in [6.07, 6.45) is 0.679. The molecule has 180 valence electrons. The highest BCUT2D eigenvalue weighted by molar-refractivity contribution is 6.00. The Balaban J connectivity index is 1.70. The van der Waals surface area contributed by atoms with E-state index in [1.807, 2.05) is 55.5 Å². The number of nitrogens with zero attached hydrogens (tertiary/aromatic N) is 1. The predicted molar refractivity (Wildman–Crippen MR) is 136 cm³/mol. The second-order valence-electron chi connectivity index (χ2n) is 8.68. The predicted octanol–water partition coefficient (Wildman–Crippen LogP) is 5.09. The largest absolute Gasteiger partial charge is 0.496 e. The van der Waals surface area contributed by atoms with Crippen molar-refractivity contribution in [3.63, 3.8) is 0 Å². The lowest BCUT2D eigenvalue weighted by atomic mass is 9.82. The molecule has 1 saturated heterocycles. The molecule has 0 saturated carbocycles. The number of anilines is 3. The molecule has 4 rings (SSSR count). The highest BCUT2D eigenvalue weighted by Crippen LogP contribution is 2.43. The van der Waals surface area contributed by atoms with Crippen molar-refractivity contribution in [3.05, 3.63) is 83.9 Å². The van der Waals surface area contributed by atoms with E-state index in [0.717, 1.165) is 16.8 Å². The number of carbonyl (C=O) groups is 3. The van der Waals surface area contributed by atoms with Gasteiger partial charge in [0.05, 0.1) is 19.1 Å². The molecule has 0 unspecified atom stereocenters. The Bertz CT molecular complexity index is 1220. The molecule has 3 aromatic carbocycles. The lowest BCUT2D eigenvalue weighted by Crippen LogP contribution is -2.47. The molecule has 2 atom stereocenters. The first-order valence-corrected chi connectivity index (χ1v) is 11.6. The standard InChI is InChI=1S/C28H29N3O4/c1-18-8-14-22(15-9-18)31-26(33)17-16-24(27(31)23-6-4-5-7-25(23)35-3)28(34)30-21-12-10-20(11-13-21)29-19(2)32/h4-15,24,27H,16-17H2,1-3H3,(H,29,32)(H,30,34)/t24-,27+/m0/s1. The van der Waals surface area contributed by atoms with Gasteiger partial charge in [-0.25, -0.2) is 0 Å². The third kappa shape index (κ3) is 5.35. The maximum atomic E-state index is 13.6. The van der Waals surface area contributed by atoms with E-state index in [0.29, 0.717) is 23.5 Å². The first kappa shape index (κ1) is 24.0. The molecule has 0 bridgehead atoms. The highest BCUT2D eigenvalue weighted by atomic mass is 16.5. The van der Waals surface area contributed by atoms with Crippen LogP contribution in [0.3, 0.4) is 0 Å². The minimum Gasteiger partial charge on any atom is -0.496 e. The molecule has 35 heavy (non-hydrogen) atoms. The number of piperidine rings is 1. The van der Waals surface area contributed by atoms with E-state index in [-0.39, 0.29) is 24.1 Å². The Morgan fingerprint density at radius 3 is 2.17 bits per heavy atom. The molecule has 1 fully saturated rings. The molecule has 7 nitrogen and oxygen atoms in total. The SMILES string of the molecule is COc1ccccc1[C@@H]1[C@@H](C(=O)Nc2ccc(NC(C)=O)cc2)CCC(=O)N1c1ccc(C)cc1. The van der Waals surface area contributed by atoms with Gasteiger partial charge in [0.2, 0.25) is 17.7 Å². The zero-order valence-electron chi connectivity index (χ0n) is 20.1. The van der Waals surface area contributed by atoms with Crippen LogP contribution >= 0.6 is 0 Å². The van der Waals surface area contributed by atoms with Gasteiger partial charge in [0.25, 0.3) is 0 Å². The average molecular weight is 472 g/mol. The van der Waals surface area contributed by atoms with E-state index in [1.165, 1.54) is 6.92 Å². The molecule has 3 aromatic rings. The van der Waals surface area contributed by atoms with Crippen LogP contribution in [0.4, 0.5) is 17.1 Å². The first-order chi connectivity index (χ1) is 16.9. The number of amides is 3. The molecule has 1 aliphatic rings. The number of benzene rings is 3. The molecule has 1 heterocycles. The van der Waals surface area contributed by atoms with Gasteiger partial charge >= 0.3 is 0 Å². The van der Waals surface area contributed by atoms with Crippen molar-refractivity contribution in [1.29, 1.82) is 0 Å². The smallest absolute Gasteiger partial charge is 0.229 e. The van der Waals surface area contributed by atoms with E-state index in [9.17, 15) is 14.4 Å². The number of methoxy groups -OCH3 is 1. The summed E-state index contributed by atoms with van der Waals surface area (Å²) < 4.78 is 5.62. The summed E-state index contributed by atoms with van der Waals surface area (Å²) >= 11 is 0. The Hall–Kier alpha value is -4.13. The zero-order chi connectivity index (χ0) is 24.9. The fourth-order valence-electron chi connectivity index (χ4n) is 4.52. The third-order valence-corrected chi connectivity index (χ3v) is 6.18. The molecule has 0 radical (unpaired) electrons. The van der Waals surface area contributed by atoms with Gasteiger partial charge in [-0.05, 0) is 55.8 Å². The summed E-state index contributed by atoms with van der Waals surface area (Å²) in [4.78, 5) is 39.8. The number of rotatable bonds is 6. The lowest BCUT2D eigenvalue weighted by Gasteiger charge is -2.41. The molecular weight excluding hydrogens is 442 g/mol. The van der Waals surface area contributed by atoms with Crippen LogP contribution in [0.1, 0.15) is 36.9 Å². The van der Waals surface area contributed by atoms with Gasteiger partial charge in [-0.2, -0.15) is 0 Å². The van der Waals surface area contributed by atoms with Gasteiger partial charge in [-0.3, -0.25) is 14.4 Å². The summed E-state index contributed by atoms with van der Waals surface area (Å²) in [5.41, 5.74) is 3.88. The quantitative estimate of drug-likeness (QED) is 0.525. The van der Waals surface area contributed by atoms with Gasteiger partial charge in [0.1, 0.15) is 5.75 Å². The second kappa shape index (κ2) is 10.4. The molecule has 3 amide bonds. The van der Waals surface area contributed by atoms with Crippen LogP contribution in [-0.2, 0) is 14.4 Å². The maximum absolute atomic E-state index is 13.6. The number of ether oxygens (including phenoxy) is 1. The van der Waals surface area contributed by atoms with Crippen LogP contribution in [0.2, 0.25) is 0 Å². The number of carbonyl (C=O) groups excluding carboxylic acids is 3. The van der Waals surface area contributed by atoms with E-state index < -0.39 is 12.0 Å². The normalized spacial score (nSPS) is 17.6. The average Bonchev–Trinajstić information content (AvgIpc) is 2.85. The summed E-state index contributed by atoms with van der Waals surface area (Å²) in [6.45, 7) is 3.44. The van der Waals surface area contributed by atoms with Gasteiger partial charge < -0.3 is 20.3 Å². The van der Waals surface area contributed by atoms with Crippen LogP contribution in [0.5, 0.6) is 5.75 Å². The Kier molecular flexibility index (Phi) is 7.15. The van der Waals surface area contributed by atoms with Crippen molar-refractivity contribution in [1.82, 2.24) is 0 Å². The first-order valence-electron chi connectivity index (χ1n) is 11.6. The van der Waals surface area contributed by atoms with Crippen molar-refractivity contribution < 1.29 is 19.1 Å². The van der Waals surface area contributed by atoms with E-state index in [1.54, 1.807) is 36.3 Å². The lowest BCUT2D eigenvalue weighted by molar-refractivity contribution is -0.126. The van der Waals surface area contributed by atoms with Crippen LogP contribution < -0.4 is 20.3 Å². The van der Waals surface area contributed by atoms with E-state index >= 15 is 0 Å². The molecule has 7 heteroatoms. The van der Waals surface area contributed by atoms with Gasteiger partial charge in [-0.1, -0.05) is 35.9 Å². The molecule has 0 spiro atoms. The Morgan fingerprint density at radius 1 is 0.914 bits per heavy atom. The monoisotopic (exact) mass is 471 g/mol. The van der Waals surface area contributed by atoms with Crippen LogP contribution in [0, 0.1) is 12.8 Å². The summed E-state index contributed by atoms with van der Waals surface area (Å²) in [5.74, 6) is -0.252. The molecule has 0 aliphatic carbocycles. The number of para-hydroxylation sites is 1. The van der Waals surface area contributed by atoms with Gasteiger partial charge in [0, 0.05) is 36.0 Å². The molecule has 0 aromatic heterocycles. The fourth-order valence-corrected chi connectivity index (χ4v) is 4.52. The summed E-state index contributed by atoms with van der Waals surface area (Å²) in [5, 5.41) is 5.71. The van der Waals surface area contributed by atoms with Crippen molar-refractivity contribution in [2.24, 2.45) is 5.92 Å². The minimum absolute atomic E-state index is 0.0338. The van der Waals surface area contributed by atoms with Crippen molar-refractivity contribution >= 4 is 34.8 Å². The van der Waals surface area contributed by atoms with Gasteiger partial charge in [0.15, 0.2) is 0 Å². The van der Waals surface area contributed by atoms with Gasteiger partial charge in [-0.15, -0.1) is 0 Å². The summed E-state index contributed by atoms with van der Waals surface area (Å²) in [7, 11) is 1.59. The van der Waals surface area contributed by atoms with Crippen LogP contribution in [-0.4, -0.2) is 24.8 Å². The van der Waals surface area contributed by atoms with E-state index in [2.05, 4.69) is 10.6 Å². The van der Waals surface area contributed by atoms with Crippen molar-refractivity contribution in [3.8, 4) is 5.75 Å².